The lowest BCUT2D eigenvalue weighted by molar-refractivity contribution is 0.0687. The molecular formula is C10H7FN2O3. The zero-order valence-electron chi connectivity index (χ0n) is 7.96. The number of carboxylic acids is 1. The fourth-order valence-electron chi connectivity index (χ4n) is 1.28. The standard InChI is InChI=1S/C10H7FN2O3/c11-6-3-1-2-4-7(6)13-5-8(14)9(12-13)10(15)16/h1-5,14H,(H,15,16). The second-order valence-electron chi connectivity index (χ2n) is 3.06. The van der Waals surface area contributed by atoms with Crippen LogP contribution in [0.1, 0.15) is 10.5 Å². The van der Waals surface area contributed by atoms with Crippen LogP contribution in [-0.4, -0.2) is 26.0 Å². The molecule has 0 aliphatic rings. The van der Waals surface area contributed by atoms with Crippen molar-refractivity contribution in [2.75, 3.05) is 0 Å². The predicted octanol–water partition coefficient (Wildman–Crippen LogP) is 1.42. The Morgan fingerprint density at radius 3 is 2.62 bits per heavy atom. The summed E-state index contributed by atoms with van der Waals surface area (Å²) in [5.41, 5.74) is -0.437. The van der Waals surface area contributed by atoms with Gasteiger partial charge in [-0.1, -0.05) is 12.1 Å². The predicted molar refractivity (Wildman–Crippen MR) is 52.1 cm³/mol. The highest BCUT2D eigenvalue weighted by Crippen LogP contribution is 2.19. The van der Waals surface area contributed by atoms with Crippen molar-refractivity contribution >= 4 is 5.97 Å². The average Bonchev–Trinajstić information content (AvgIpc) is 2.61. The summed E-state index contributed by atoms with van der Waals surface area (Å²) in [4.78, 5) is 10.6. The van der Waals surface area contributed by atoms with Gasteiger partial charge in [-0.15, -0.1) is 0 Å². The summed E-state index contributed by atoms with van der Waals surface area (Å²) in [7, 11) is 0. The largest absolute Gasteiger partial charge is 0.504 e. The maximum atomic E-state index is 13.3. The van der Waals surface area contributed by atoms with Crippen LogP contribution in [0.25, 0.3) is 5.69 Å². The third-order valence-corrected chi connectivity index (χ3v) is 2.00. The molecule has 16 heavy (non-hydrogen) atoms. The van der Waals surface area contributed by atoms with Crippen LogP contribution in [0.15, 0.2) is 30.5 Å². The van der Waals surface area contributed by atoms with Crippen molar-refractivity contribution in [2.24, 2.45) is 0 Å². The number of halogens is 1. The van der Waals surface area contributed by atoms with Gasteiger partial charge in [-0.25, -0.2) is 13.9 Å². The third-order valence-electron chi connectivity index (χ3n) is 2.00. The Morgan fingerprint density at radius 1 is 1.38 bits per heavy atom. The summed E-state index contributed by atoms with van der Waals surface area (Å²) >= 11 is 0. The molecule has 2 aromatic rings. The molecule has 0 unspecified atom stereocenters. The lowest BCUT2D eigenvalue weighted by Crippen LogP contribution is -2.02. The molecule has 5 nitrogen and oxygen atoms in total. The Bertz CT molecular complexity index is 551. The summed E-state index contributed by atoms with van der Waals surface area (Å²) in [6.45, 7) is 0. The molecule has 82 valence electrons. The monoisotopic (exact) mass is 222 g/mol. The fourth-order valence-corrected chi connectivity index (χ4v) is 1.28. The molecular weight excluding hydrogens is 215 g/mol. The Hall–Kier alpha value is -2.37. The van der Waals surface area contributed by atoms with Gasteiger partial charge in [0.15, 0.2) is 5.75 Å². The van der Waals surface area contributed by atoms with Gasteiger partial charge in [0.1, 0.15) is 11.5 Å². The molecule has 2 rings (SSSR count). The minimum absolute atomic E-state index is 0.0744. The summed E-state index contributed by atoms with van der Waals surface area (Å²) in [6.07, 6.45) is 1.04. The number of aromatic carboxylic acids is 1. The molecule has 0 aliphatic carbocycles. The minimum Gasteiger partial charge on any atom is -0.504 e. The number of rotatable bonds is 2. The van der Waals surface area contributed by atoms with E-state index < -0.39 is 23.2 Å². The van der Waals surface area contributed by atoms with Crippen molar-refractivity contribution < 1.29 is 19.4 Å². The van der Waals surface area contributed by atoms with E-state index in [0.29, 0.717) is 0 Å². The molecule has 0 fully saturated rings. The van der Waals surface area contributed by atoms with Crippen LogP contribution in [0, 0.1) is 5.82 Å². The lowest BCUT2D eigenvalue weighted by atomic mass is 10.3. The molecule has 1 aromatic carbocycles. The van der Waals surface area contributed by atoms with E-state index in [1.54, 1.807) is 6.07 Å². The molecule has 0 aliphatic heterocycles. The molecule has 0 saturated carbocycles. The van der Waals surface area contributed by atoms with Crippen molar-refractivity contribution in [3.05, 3.63) is 42.0 Å². The quantitative estimate of drug-likeness (QED) is 0.805. The van der Waals surface area contributed by atoms with Crippen LogP contribution in [0.5, 0.6) is 5.75 Å². The van der Waals surface area contributed by atoms with E-state index in [4.69, 9.17) is 5.11 Å². The molecule has 0 radical (unpaired) electrons. The topological polar surface area (TPSA) is 75.3 Å². The third kappa shape index (κ3) is 1.60. The maximum Gasteiger partial charge on any atom is 0.360 e. The van der Waals surface area contributed by atoms with E-state index >= 15 is 0 Å². The summed E-state index contributed by atoms with van der Waals surface area (Å²) in [5.74, 6) is -2.43. The van der Waals surface area contributed by atoms with Gasteiger partial charge in [0.05, 0.1) is 6.20 Å². The van der Waals surface area contributed by atoms with E-state index in [1.807, 2.05) is 0 Å². The van der Waals surface area contributed by atoms with Crippen LogP contribution in [-0.2, 0) is 0 Å². The number of benzene rings is 1. The van der Waals surface area contributed by atoms with Crippen molar-refractivity contribution in [1.82, 2.24) is 9.78 Å². The number of aromatic hydroxyl groups is 1. The SMILES string of the molecule is O=C(O)c1nn(-c2ccccc2F)cc1O. The van der Waals surface area contributed by atoms with Crippen LogP contribution in [0.2, 0.25) is 0 Å². The summed E-state index contributed by atoms with van der Waals surface area (Å²) in [6, 6.07) is 5.72. The van der Waals surface area contributed by atoms with Crippen LogP contribution < -0.4 is 0 Å². The number of hydrogen-bond donors (Lipinski definition) is 2. The van der Waals surface area contributed by atoms with Gasteiger partial charge in [0.25, 0.3) is 0 Å². The number of carboxylic acid groups (broad SMARTS) is 1. The van der Waals surface area contributed by atoms with Crippen molar-refractivity contribution in [3.8, 4) is 11.4 Å². The van der Waals surface area contributed by atoms with Gasteiger partial charge in [0, 0.05) is 0 Å². The van der Waals surface area contributed by atoms with Crippen molar-refractivity contribution in [1.29, 1.82) is 0 Å². The van der Waals surface area contributed by atoms with Crippen LogP contribution in [0.4, 0.5) is 4.39 Å². The van der Waals surface area contributed by atoms with Gasteiger partial charge >= 0.3 is 5.97 Å². The highest BCUT2D eigenvalue weighted by Gasteiger charge is 2.16. The number of para-hydroxylation sites is 1. The fraction of sp³-hybridized carbons (Fsp3) is 0. The highest BCUT2D eigenvalue weighted by molar-refractivity contribution is 5.88. The van der Waals surface area contributed by atoms with E-state index in [9.17, 15) is 14.3 Å². The van der Waals surface area contributed by atoms with E-state index in [0.717, 1.165) is 10.9 Å². The molecule has 2 N–H and O–H groups in total. The Labute approximate surface area is 89.4 Å². The average molecular weight is 222 g/mol. The molecule has 0 bridgehead atoms. The first kappa shape index (κ1) is 10.2. The second-order valence-corrected chi connectivity index (χ2v) is 3.06. The summed E-state index contributed by atoms with van der Waals surface area (Å²) in [5, 5.41) is 21.5. The first-order valence-corrected chi connectivity index (χ1v) is 4.36. The Balaban J connectivity index is 2.54. The molecule has 0 spiro atoms. The van der Waals surface area contributed by atoms with E-state index in [-0.39, 0.29) is 5.69 Å². The molecule has 6 heteroatoms. The Kier molecular flexibility index (Phi) is 2.32. The normalized spacial score (nSPS) is 10.3. The van der Waals surface area contributed by atoms with Gasteiger partial charge in [-0.3, -0.25) is 0 Å². The number of nitrogens with zero attached hydrogens (tertiary/aromatic N) is 2. The molecule has 0 atom stereocenters. The van der Waals surface area contributed by atoms with Crippen LogP contribution >= 0.6 is 0 Å². The number of hydrogen-bond acceptors (Lipinski definition) is 3. The number of aromatic nitrogens is 2. The first-order valence-electron chi connectivity index (χ1n) is 4.36. The first-order chi connectivity index (χ1) is 7.59. The number of carbonyl (C=O) groups is 1. The zero-order valence-corrected chi connectivity index (χ0v) is 7.96. The van der Waals surface area contributed by atoms with Gasteiger partial charge in [-0.05, 0) is 12.1 Å². The zero-order chi connectivity index (χ0) is 11.7. The lowest BCUT2D eigenvalue weighted by Gasteiger charge is -2.00. The van der Waals surface area contributed by atoms with Crippen LogP contribution in [0.3, 0.4) is 0 Å². The van der Waals surface area contributed by atoms with Crippen molar-refractivity contribution in [3.63, 3.8) is 0 Å². The molecule has 1 aromatic heterocycles. The highest BCUT2D eigenvalue weighted by atomic mass is 19.1. The molecule has 0 saturated heterocycles. The van der Waals surface area contributed by atoms with Gasteiger partial charge in [0.2, 0.25) is 5.69 Å². The smallest absolute Gasteiger partial charge is 0.360 e. The van der Waals surface area contributed by atoms with E-state index in [1.165, 1.54) is 18.2 Å². The molecule has 1 heterocycles. The van der Waals surface area contributed by atoms with E-state index in [2.05, 4.69) is 5.10 Å². The molecule has 0 amide bonds. The second kappa shape index (κ2) is 3.65. The van der Waals surface area contributed by atoms with Gasteiger partial charge in [-0.2, -0.15) is 5.10 Å². The Morgan fingerprint density at radius 2 is 2.06 bits per heavy atom. The maximum absolute atomic E-state index is 13.3. The summed E-state index contributed by atoms with van der Waals surface area (Å²) < 4.78 is 14.3. The van der Waals surface area contributed by atoms with Crippen molar-refractivity contribution in [2.45, 2.75) is 0 Å². The van der Waals surface area contributed by atoms with Gasteiger partial charge < -0.3 is 10.2 Å². The minimum atomic E-state index is -1.37.